The molecule has 0 saturated carbocycles. The summed E-state index contributed by atoms with van der Waals surface area (Å²) < 4.78 is 5.46. The van der Waals surface area contributed by atoms with E-state index < -0.39 is 8.32 Å². The lowest BCUT2D eigenvalue weighted by Crippen LogP contribution is -2.43. The van der Waals surface area contributed by atoms with Gasteiger partial charge in [-0.3, -0.25) is 0 Å². The molecule has 0 amide bonds. The van der Waals surface area contributed by atoms with Crippen LogP contribution in [0.3, 0.4) is 0 Å². The van der Waals surface area contributed by atoms with Crippen molar-refractivity contribution in [2.45, 2.75) is 13.1 Å². The van der Waals surface area contributed by atoms with Crippen LogP contribution in [0.5, 0.6) is 0 Å². The van der Waals surface area contributed by atoms with E-state index in [0.717, 1.165) is 0 Å². The van der Waals surface area contributed by atoms with Crippen molar-refractivity contribution in [1.29, 1.82) is 0 Å². The van der Waals surface area contributed by atoms with E-state index in [1.807, 2.05) is 6.07 Å². The normalized spacial score (nSPS) is 11.5. The molecule has 1 aromatic carbocycles. The molecule has 0 spiro atoms. The van der Waals surface area contributed by atoms with Gasteiger partial charge in [-0.05, 0) is 18.3 Å². The zero-order valence-corrected chi connectivity index (χ0v) is 8.29. The first-order valence-corrected chi connectivity index (χ1v) is 6.68. The third-order valence-corrected chi connectivity index (χ3v) is 4.72. The molecule has 0 aliphatic carbocycles. The maximum Gasteiger partial charge on any atom is 0.217 e. The summed E-state index contributed by atoms with van der Waals surface area (Å²) in [6.45, 7) is 4.39. The molecule has 0 N–H and O–H groups in total. The van der Waals surface area contributed by atoms with Gasteiger partial charge in [0.1, 0.15) is 0 Å². The lowest BCUT2D eigenvalue weighted by Gasteiger charge is -2.19. The first kappa shape index (κ1) is 8.49. The zero-order chi connectivity index (χ0) is 8.32. The highest BCUT2D eigenvalue weighted by atomic mass is 28.4. The van der Waals surface area contributed by atoms with Gasteiger partial charge >= 0.3 is 0 Å². The number of hydrogen-bond donors (Lipinski definition) is 0. The molecule has 0 aromatic heterocycles. The minimum atomic E-state index is -1.55. The van der Waals surface area contributed by atoms with Gasteiger partial charge in [0.15, 0.2) is 0 Å². The average molecular weight is 166 g/mol. The molecule has 0 unspecified atom stereocenters. The molecule has 0 atom stereocenters. The van der Waals surface area contributed by atoms with Crippen LogP contribution in [0.25, 0.3) is 0 Å². The van der Waals surface area contributed by atoms with Gasteiger partial charge in [-0.15, -0.1) is 0 Å². The molecule has 0 bridgehead atoms. The first-order valence-electron chi connectivity index (χ1n) is 3.77. The molecule has 0 heterocycles. The molecule has 0 saturated heterocycles. The van der Waals surface area contributed by atoms with Crippen molar-refractivity contribution in [2.75, 3.05) is 7.11 Å². The topological polar surface area (TPSA) is 9.23 Å². The van der Waals surface area contributed by atoms with Crippen molar-refractivity contribution < 1.29 is 4.43 Å². The van der Waals surface area contributed by atoms with Gasteiger partial charge in [-0.2, -0.15) is 0 Å². The predicted octanol–water partition coefficient (Wildman–Crippen LogP) is 1.75. The molecule has 0 radical (unpaired) electrons. The Morgan fingerprint density at radius 2 is 1.64 bits per heavy atom. The lowest BCUT2D eigenvalue weighted by molar-refractivity contribution is 0.416. The summed E-state index contributed by atoms with van der Waals surface area (Å²) in [7, 11) is 0.238. The molecule has 1 aromatic rings. The van der Waals surface area contributed by atoms with Gasteiger partial charge in [-0.1, -0.05) is 30.3 Å². The largest absolute Gasteiger partial charge is 0.416 e. The Balaban J connectivity index is 2.93. The molecule has 60 valence electrons. The van der Waals surface area contributed by atoms with Crippen LogP contribution in [0.15, 0.2) is 30.3 Å². The zero-order valence-electron chi connectivity index (χ0n) is 7.29. The third kappa shape index (κ3) is 1.91. The average Bonchev–Trinajstić information content (AvgIpc) is 2.06. The quantitative estimate of drug-likeness (QED) is 0.608. The fourth-order valence-electron chi connectivity index (χ4n) is 0.957. The van der Waals surface area contributed by atoms with E-state index in [2.05, 4.69) is 37.4 Å². The van der Waals surface area contributed by atoms with Crippen molar-refractivity contribution in [3.63, 3.8) is 0 Å². The van der Waals surface area contributed by atoms with Gasteiger partial charge in [0.25, 0.3) is 0 Å². The second-order valence-electron chi connectivity index (χ2n) is 3.08. The number of hydrogen-bond acceptors (Lipinski definition) is 1. The fraction of sp³-hybridized carbons (Fsp3) is 0.333. The molecule has 0 aliphatic rings. The van der Waals surface area contributed by atoms with Crippen LogP contribution >= 0.6 is 0 Å². The Bertz CT molecular complexity index is 218. The van der Waals surface area contributed by atoms with Crippen LogP contribution in [-0.2, 0) is 4.43 Å². The van der Waals surface area contributed by atoms with Crippen LogP contribution in [0, 0.1) is 0 Å². The van der Waals surface area contributed by atoms with Gasteiger partial charge < -0.3 is 4.43 Å². The Hall–Kier alpha value is -0.603. The molecular formula is C9H14OSi. The summed E-state index contributed by atoms with van der Waals surface area (Å²) in [5.74, 6) is 0. The number of rotatable bonds is 2. The standard InChI is InChI=1S/C9H14OSi/c1-10-11(2,3)9-7-5-4-6-8-9/h4-8H,1-3H3. The van der Waals surface area contributed by atoms with E-state index in [9.17, 15) is 0 Å². The van der Waals surface area contributed by atoms with E-state index in [1.165, 1.54) is 5.19 Å². The van der Waals surface area contributed by atoms with Crippen molar-refractivity contribution in [3.8, 4) is 0 Å². The smallest absolute Gasteiger partial charge is 0.217 e. The monoisotopic (exact) mass is 166 g/mol. The predicted molar refractivity (Wildman–Crippen MR) is 50.6 cm³/mol. The highest BCUT2D eigenvalue weighted by molar-refractivity contribution is 6.84. The summed E-state index contributed by atoms with van der Waals surface area (Å²) in [5, 5.41) is 1.35. The Kier molecular flexibility index (Phi) is 2.47. The highest BCUT2D eigenvalue weighted by Gasteiger charge is 2.22. The van der Waals surface area contributed by atoms with Crippen LogP contribution in [-0.4, -0.2) is 15.4 Å². The van der Waals surface area contributed by atoms with Crippen LogP contribution in [0.2, 0.25) is 13.1 Å². The molecule has 0 fully saturated rings. The first-order chi connectivity index (χ1) is 5.17. The Morgan fingerprint density at radius 3 is 2.09 bits per heavy atom. The summed E-state index contributed by atoms with van der Waals surface area (Å²) in [5.41, 5.74) is 0. The number of benzene rings is 1. The van der Waals surface area contributed by atoms with E-state index >= 15 is 0 Å². The minimum Gasteiger partial charge on any atom is -0.416 e. The van der Waals surface area contributed by atoms with Crippen LogP contribution in [0.1, 0.15) is 0 Å². The van der Waals surface area contributed by atoms with E-state index in [1.54, 1.807) is 7.11 Å². The lowest BCUT2D eigenvalue weighted by atomic mass is 10.4. The van der Waals surface area contributed by atoms with Crippen molar-refractivity contribution in [3.05, 3.63) is 30.3 Å². The summed E-state index contributed by atoms with van der Waals surface area (Å²) >= 11 is 0. The van der Waals surface area contributed by atoms with E-state index in [4.69, 9.17) is 4.43 Å². The maximum absolute atomic E-state index is 5.46. The van der Waals surface area contributed by atoms with Crippen molar-refractivity contribution in [1.82, 2.24) is 0 Å². The van der Waals surface area contributed by atoms with Gasteiger partial charge in [-0.25, -0.2) is 0 Å². The summed E-state index contributed by atoms with van der Waals surface area (Å²) in [4.78, 5) is 0. The fourth-order valence-corrected chi connectivity index (χ4v) is 2.19. The van der Waals surface area contributed by atoms with Crippen molar-refractivity contribution >= 4 is 13.5 Å². The SMILES string of the molecule is CO[Si](C)(C)c1ccccc1. The van der Waals surface area contributed by atoms with Crippen LogP contribution in [0.4, 0.5) is 0 Å². The second kappa shape index (κ2) is 3.20. The third-order valence-electron chi connectivity index (χ3n) is 1.98. The highest BCUT2D eigenvalue weighted by Crippen LogP contribution is 2.02. The Morgan fingerprint density at radius 1 is 1.09 bits per heavy atom. The minimum absolute atomic E-state index is 1.35. The Labute approximate surface area is 69.1 Å². The molecule has 1 rings (SSSR count). The molecule has 11 heavy (non-hydrogen) atoms. The summed E-state index contributed by atoms with van der Waals surface area (Å²) in [6.07, 6.45) is 0. The van der Waals surface area contributed by atoms with Gasteiger partial charge in [0, 0.05) is 7.11 Å². The van der Waals surface area contributed by atoms with E-state index in [-0.39, 0.29) is 0 Å². The molecule has 1 nitrogen and oxygen atoms in total. The molecular weight excluding hydrogens is 152 g/mol. The molecule has 2 heteroatoms. The van der Waals surface area contributed by atoms with Crippen molar-refractivity contribution in [2.24, 2.45) is 0 Å². The second-order valence-corrected chi connectivity index (χ2v) is 7.09. The van der Waals surface area contributed by atoms with Crippen LogP contribution < -0.4 is 5.19 Å². The maximum atomic E-state index is 5.46. The summed E-state index contributed by atoms with van der Waals surface area (Å²) in [6, 6.07) is 10.4. The van der Waals surface area contributed by atoms with Gasteiger partial charge in [0.2, 0.25) is 8.32 Å². The molecule has 0 aliphatic heterocycles. The van der Waals surface area contributed by atoms with Gasteiger partial charge in [0.05, 0.1) is 0 Å². The van der Waals surface area contributed by atoms with E-state index in [0.29, 0.717) is 0 Å².